The first-order valence-corrected chi connectivity index (χ1v) is 12.4. The number of hydrogen-bond acceptors (Lipinski definition) is 6. The molecule has 12 heteroatoms. The normalized spacial score (nSPS) is 45.2. The Hall–Kier alpha value is 0.780. The van der Waals surface area contributed by atoms with E-state index in [0.717, 1.165) is 0 Å². The molecule has 4 aliphatic rings. The van der Waals surface area contributed by atoms with Gasteiger partial charge in [-0.25, -0.2) is 8.96 Å². The van der Waals surface area contributed by atoms with E-state index in [1.54, 1.807) is 20.8 Å². The van der Waals surface area contributed by atoms with E-state index >= 15 is 4.39 Å². The van der Waals surface area contributed by atoms with Gasteiger partial charge in [0.1, 0.15) is 12.2 Å². The van der Waals surface area contributed by atoms with E-state index in [0.29, 0.717) is 24.8 Å². The summed E-state index contributed by atoms with van der Waals surface area (Å²) < 4.78 is 32.5. The number of ketones is 2. The van der Waals surface area contributed by atoms with Gasteiger partial charge in [-0.05, 0) is 56.6 Å². The topological polar surface area (TPSA) is 141 Å². The number of phosphoric acid groups is 1. The summed E-state index contributed by atoms with van der Waals surface area (Å²) in [5, 5.41) is 22.8. The Bertz CT molecular complexity index is 995. The van der Waals surface area contributed by atoms with Gasteiger partial charge in [-0.15, -0.1) is 0 Å². The third-order valence-corrected chi connectivity index (χ3v) is 9.48. The van der Waals surface area contributed by atoms with Crippen LogP contribution in [0.5, 0.6) is 0 Å². The molecule has 0 spiro atoms. The van der Waals surface area contributed by atoms with Gasteiger partial charge in [0.15, 0.2) is 17.2 Å². The number of rotatable bonds is 4. The first-order valence-electron chi connectivity index (χ1n) is 10.9. The van der Waals surface area contributed by atoms with Gasteiger partial charge in [0.05, 0.1) is 6.10 Å². The van der Waals surface area contributed by atoms with E-state index in [-0.39, 0.29) is 74.2 Å². The second kappa shape index (κ2) is 9.83. The van der Waals surface area contributed by atoms with Crippen molar-refractivity contribution in [3.63, 3.8) is 0 Å². The fraction of sp³-hybridized carbons (Fsp3) is 0.727. The van der Waals surface area contributed by atoms with Crippen molar-refractivity contribution in [3.8, 4) is 0 Å². The molecule has 0 aliphatic heterocycles. The molecule has 0 radical (unpaired) electrons. The maximum Gasteiger partial charge on any atom is 1.00 e. The van der Waals surface area contributed by atoms with E-state index < -0.39 is 66.2 Å². The van der Waals surface area contributed by atoms with Crippen molar-refractivity contribution in [2.24, 2.45) is 28.6 Å². The van der Waals surface area contributed by atoms with Crippen LogP contribution in [0.3, 0.4) is 0 Å². The molecule has 3 fully saturated rings. The number of hydrogen-bond donors (Lipinski definition) is 4. The van der Waals surface area contributed by atoms with Crippen LogP contribution in [0.1, 0.15) is 49.3 Å². The quantitative estimate of drug-likeness (QED) is 0.219. The van der Waals surface area contributed by atoms with Gasteiger partial charge < -0.3 is 22.9 Å². The van der Waals surface area contributed by atoms with E-state index in [9.17, 15) is 24.4 Å². The number of aliphatic hydroxyl groups is 2. The molecule has 34 heavy (non-hydrogen) atoms. The smallest absolute Gasteiger partial charge is 1.00 e. The average Bonchev–Trinajstić information content (AvgIpc) is 2.89. The zero-order chi connectivity index (χ0) is 23.9. The molecular weight excluding hydrogens is 488 g/mol. The second-order valence-corrected chi connectivity index (χ2v) is 11.6. The number of carbonyl (C=O) groups is 2. The molecule has 4 aliphatic carbocycles. The summed E-state index contributed by atoms with van der Waals surface area (Å²) in [5.41, 5.74) is -5.88. The van der Waals surface area contributed by atoms with Crippen LogP contribution in [0.2, 0.25) is 0 Å². The molecule has 0 aromatic carbocycles. The fourth-order valence-corrected chi connectivity index (χ4v) is 7.68. The summed E-state index contributed by atoms with van der Waals surface area (Å²) in [6, 6.07) is 0. The number of alkyl halides is 1. The van der Waals surface area contributed by atoms with Crippen LogP contribution >= 0.6 is 7.82 Å². The molecule has 0 saturated heterocycles. The number of carbonyl (C=O) groups excluding carboxylic acids is 2. The van der Waals surface area contributed by atoms with Gasteiger partial charge in [-0.1, -0.05) is 25.5 Å². The minimum atomic E-state index is -4.93. The summed E-state index contributed by atoms with van der Waals surface area (Å²) in [4.78, 5) is 42.8. The van der Waals surface area contributed by atoms with Crippen LogP contribution in [-0.4, -0.2) is 55.5 Å². The Kier molecular flexibility index (Phi) is 8.96. The van der Waals surface area contributed by atoms with Gasteiger partial charge in [0.2, 0.25) is 0 Å². The van der Waals surface area contributed by atoms with Gasteiger partial charge in [-0.3, -0.25) is 14.1 Å². The van der Waals surface area contributed by atoms with Crippen LogP contribution in [0.25, 0.3) is 0 Å². The fourth-order valence-electron chi connectivity index (χ4n) is 7.39. The molecular formula is C22H32FNa2O8P. The van der Waals surface area contributed by atoms with Gasteiger partial charge in [0.25, 0.3) is 0 Å². The van der Waals surface area contributed by atoms with Crippen molar-refractivity contribution in [3.05, 3.63) is 23.8 Å². The number of allylic oxidation sites excluding steroid dienone is 4. The summed E-state index contributed by atoms with van der Waals surface area (Å²) in [5.74, 6) is -2.87. The number of Topliss-reactive ketones (excluding diaryl/α,β-unsaturated/α-hetero) is 1. The predicted octanol–water partition coefficient (Wildman–Crippen LogP) is -3.75. The molecule has 4 N–H and O–H groups in total. The minimum Gasteiger partial charge on any atom is -1.00 e. The molecule has 4 rings (SSSR count). The molecule has 0 bridgehead atoms. The second-order valence-electron chi connectivity index (χ2n) is 10.4. The SMILES string of the molecule is C[C@H]1C[C@H]2[C@@H]3CCC4=CC(=O)C=C[C@]4(C)[C@@]3(F)[C@@H](O)C[C@]2(C)[C@@]1(O)C(=O)COP(=O)(O)O.[H-].[H-].[Na+].[Na+]. The molecule has 0 amide bonds. The largest absolute Gasteiger partial charge is 1.00 e. The Labute approximate surface area is 245 Å². The van der Waals surface area contributed by atoms with Crippen molar-refractivity contribution in [1.82, 2.24) is 0 Å². The zero-order valence-electron chi connectivity index (χ0n) is 22.3. The third-order valence-electron chi connectivity index (χ3n) is 9.01. The van der Waals surface area contributed by atoms with Crippen molar-refractivity contribution in [1.29, 1.82) is 0 Å². The summed E-state index contributed by atoms with van der Waals surface area (Å²) in [7, 11) is -4.93. The van der Waals surface area contributed by atoms with Crippen molar-refractivity contribution >= 4 is 19.4 Å². The van der Waals surface area contributed by atoms with E-state index in [2.05, 4.69) is 4.52 Å². The molecule has 8 atom stereocenters. The molecule has 3 saturated carbocycles. The Morgan fingerprint density at radius 2 is 1.91 bits per heavy atom. The van der Waals surface area contributed by atoms with Crippen LogP contribution < -0.4 is 59.1 Å². The Morgan fingerprint density at radius 3 is 2.50 bits per heavy atom. The van der Waals surface area contributed by atoms with Gasteiger partial charge in [-0.2, -0.15) is 0 Å². The van der Waals surface area contributed by atoms with Crippen LogP contribution in [0.15, 0.2) is 23.8 Å². The summed E-state index contributed by atoms with van der Waals surface area (Å²) >= 11 is 0. The minimum absolute atomic E-state index is 0. The number of fused-ring (bicyclic) bond motifs is 5. The summed E-state index contributed by atoms with van der Waals surface area (Å²) in [6.45, 7) is 4.00. The van der Waals surface area contributed by atoms with Crippen molar-refractivity contribution < 1.29 is 105 Å². The monoisotopic (exact) mass is 520 g/mol. The van der Waals surface area contributed by atoms with Crippen LogP contribution in [0.4, 0.5) is 4.39 Å². The average molecular weight is 520 g/mol. The van der Waals surface area contributed by atoms with E-state index in [1.807, 2.05) is 0 Å². The van der Waals surface area contributed by atoms with Crippen LogP contribution in [-0.2, 0) is 18.7 Å². The Morgan fingerprint density at radius 1 is 1.29 bits per heavy atom. The Balaban J connectivity index is 0.00000306. The molecule has 0 aromatic rings. The van der Waals surface area contributed by atoms with Crippen molar-refractivity contribution in [2.45, 2.75) is 63.8 Å². The van der Waals surface area contributed by atoms with Crippen molar-refractivity contribution in [2.75, 3.05) is 6.61 Å². The molecule has 0 aromatic heterocycles. The van der Waals surface area contributed by atoms with Gasteiger partial charge >= 0.3 is 66.9 Å². The van der Waals surface area contributed by atoms with E-state index in [1.165, 1.54) is 18.2 Å². The molecule has 0 unspecified atom stereocenters. The number of aliphatic hydroxyl groups excluding tert-OH is 1. The number of phosphoric ester groups is 1. The molecule has 0 heterocycles. The van der Waals surface area contributed by atoms with Crippen LogP contribution in [0, 0.1) is 28.6 Å². The maximum atomic E-state index is 17.0. The first kappa shape index (κ1) is 31.0. The van der Waals surface area contributed by atoms with E-state index in [4.69, 9.17) is 9.79 Å². The van der Waals surface area contributed by atoms with Gasteiger partial charge in [0, 0.05) is 16.7 Å². The standard InChI is InChI=1S/C22H30FO8P.2Na.2H/c1-12-8-16-15-5-4-13-9-14(24)6-7-19(13,2)21(15,23)17(25)10-20(16,3)22(12,27)18(26)11-31-32(28,29)30;;;;/h6-7,9,12,15-17,25,27H,4-5,8,10-11H2,1-3H3,(H2,28,29,30);;;;/q;2*+1;2*-1/t12-,15-,16-,17-,19-,20-,21-,22-;;;;/m0..../s1. The molecule has 8 nitrogen and oxygen atoms in total. The zero-order valence-corrected chi connectivity index (χ0v) is 25.2. The first-order chi connectivity index (χ1) is 14.6. The maximum absolute atomic E-state index is 17.0. The predicted molar refractivity (Wildman–Crippen MR) is 113 cm³/mol. The molecule has 182 valence electrons. The number of halogens is 1. The summed E-state index contributed by atoms with van der Waals surface area (Å²) in [6.07, 6.45) is 3.70. The third kappa shape index (κ3) is 4.20.